The Morgan fingerprint density at radius 2 is 1.96 bits per heavy atom. The van der Waals surface area contributed by atoms with Crippen molar-refractivity contribution in [3.8, 4) is 5.75 Å². The Labute approximate surface area is 142 Å². The van der Waals surface area contributed by atoms with Gasteiger partial charge in [0, 0.05) is 12.6 Å². The van der Waals surface area contributed by atoms with Gasteiger partial charge >= 0.3 is 6.03 Å². The van der Waals surface area contributed by atoms with Crippen LogP contribution in [0, 0.1) is 13.8 Å². The summed E-state index contributed by atoms with van der Waals surface area (Å²) in [5.74, 6) is 0.795. The Hall–Kier alpha value is -2.53. The highest BCUT2D eigenvalue weighted by molar-refractivity contribution is 5.91. The van der Waals surface area contributed by atoms with Crippen LogP contribution in [-0.2, 0) is 13.0 Å². The molecule has 128 valence electrons. The summed E-state index contributed by atoms with van der Waals surface area (Å²) in [4.78, 5) is 11.7. The van der Waals surface area contributed by atoms with E-state index in [4.69, 9.17) is 4.74 Å². The molecule has 0 aliphatic carbocycles. The molecule has 24 heavy (non-hydrogen) atoms. The van der Waals surface area contributed by atoms with Crippen LogP contribution >= 0.6 is 0 Å². The summed E-state index contributed by atoms with van der Waals surface area (Å²) < 4.78 is 5.91. The molecule has 2 rings (SSSR count). The van der Waals surface area contributed by atoms with Crippen LogP contribution in [-0.4, -0.2) is 18.3 Å². The first-order valence-corrected chi connectivity index (χ1v) is 7.99. The Morgan fingerprint density at radius 3 is 2.58 bits per heavy atom. The molecule has 0 spiro atoms. The minimum Gasteiger partial charge on any atom is -0.489 e. The van der Waals surface area contributed by atoms with Gasteiger partial charge in [0.1, 0.15) is 12.4 Å². The van der Waals surface area contributed by atoms with E-state index in [1.54, 1.807) is 0 Å². The van der Waals surface area contributed by atoms with Crippen LogP contribution in [0.15, 0.2) is 36.4 Å². The first kappa shape index (κ1) is 17.8. The number of aryl methyl sites for hydroxylation is 3. The second-order valence-electron chi connectivity index (χ2n) is 5.69. The highest BCUT2D eigenvalue weighted by Crippen LogP contribution is 2.27. The quantitative estimate of drug-likeness (QED) is 0.644. The number of para-hydroxylation sites is 1. The fourth-order valence-corrected chi connectivity index (χ4v) is 2.60. The fraction of sp³-hybridized carbons (Fsp3) is 0.316. The van der Waals surface area contributed by atoms with Crippen molar-refractivity contribution in [3.63, 3.8) is 0 Å². The smallest absolute Gasteiger partial charge is 0.345 e. The zero-order valence-electron chi connectivity index (χ0n) is 14.6. The molecule has 0 heterocycles. The van der Waals surface area contributed by atoms with Crippen LogP contribution < -0.4 is 15.1 Å². The van der Waals surface area contributed by atoms with Crippen LogP contribution in [0.5, 0.6) is 5.75 Å². The van der Waals surface area contributed by atoms with E-state index in [1.165, 1.54) is 12.6 Å². The molecular formula is C19H24N2O3. The topological polar surface area (TPSA) is 61.8 Å². The molecule has 0 saturated carbocycles. The molecule has 0 bridgehead atoms. The van der Waals surface area contributed by atoms with E-state index >= 15 is 0 Å². The number of anilines is 1. The lowest BCUT2D eigenvalue weighted by molar-refractivity contribution is 0.205. The monoisotopic (exact) mass is 328 g/mol. The number of hydroxylamine groups is 1. The zero-order valence-corrected chi connectivity index (χ0v) is 14.6. The standard InChI is InChI=1S/C19H24N2O3/c1-5-15-9-10-17(14(3)11-15)24-12-16-8-6-7-13(2)18(16)21(23)19(22)20-4/h6-11,23H,5,12H2,1-4H3,(H,20,22). The maximum absolute atomic E-state index is 11.7. The van der Waals surface area contributed by atoms with E-state index in [-0.39, 0.29) is 6.61 Å². The van der Waals surface area contributed by atoms with Gasteiger partial charge in [-0.25, -0.2) is 4.79 Å². The van der Waals surface area contributed by atoms with Gasteiger partial charge in [0.2, 0.25) is 0 Å². The zero-order chi connectivity index (χ0) is 17.7. The number of hydrogen-bond donors (Lipinski definition) is 2. The van der Waals surface area contributed by atoms with Crippen molar-refractivity contribution in [3.05, 3.63) is 58.7 Å². The van der Waals surface area contributed by atoms with Gasteiger partial charge in [-0.1, -0.05) is 37.3 Å². The Kier molecular flexibility index (Phi) is 5.82. The number of benzene rings is 2. The van der Waals surface area contributed by atoms with Crippen molar-refractivity contribution in [1.82, 2.24) is 5.32 Å². The predicted molar refractivity (Wildman–Crippen MR) is 94.8 cm³/mol. The SMILES string of the molecule is CCc1ccc(OCc2cccc(C)c2N(O)C(=O)NC)c(C)c1. The molecule has 0 aromatic heterocycles. The second kappa shape index (κ2) is 7.84. The summed E-state index contributed by atoms with van der Waals surface area (Å²) in [5.41, 5.74) is 4.30. The molecule has 0 aliphatic heterocycles. The number of nitrogens with zero attached hydrogens (tertiary/aromatic N) is 1. The fourth-order valence-electron chi connectivity index (χ4n) is 2.60. The highest BCUT2D eigenvalue weighted by Gasteiger charge is 2.18. The minimum atomic E-state index is -0.589. The maximum Gasteiger partial charge on any atom is 0.345 e. The molecule has 0 aliphatic rings. The van der Waals surface area contributed by atoms with E-state index in [0.717, 1.165) is 28.9 Å². The first-order valence-electron chi connectivity index (χ1n) is 7.99. The molecule has 0 fully saturated rings. The van der Waals surface area contributed by atoms with E-state index in [1.807, 2.05) is 44.2 Å². The molecule has 0 atom stereocenters. The molecular weight excluding hydrogens is 304 g/mol. The molecule has 2 aromatic carbocycles. The second-order valence-corrected chi connectivity index (χ2v) is 5.69. The minimum absolute atomic E-state index is 0.261. The molecule has 2 N–H and O–H groups in total. The van der Waals surface area contributed by atoms with E-state index in [0.29, 0.717) is 10.8 Å². The van der Waals surface area contributed by atoms with E-state index < -0.39 is 6.03 Å². The van der Waals surface area contributed by atoms with Gasteiger partial charge in [-0.15, -0.1) is 0 Å². The average molecular weight is 328 g/mol. The number of amides is 2. The lowest BCUT2D eigenvalue weighted by Crippen LogP contribution is -2.36. The van der Waals surface area contributed by atoms with Gasteiger partial charge in [-0.05, 0) is 43.0 Å². The van der Waals surface area contributed by atoms with Crippen molar-refractivity contribution in [1.29, 1.82) is 0 Å². The number of carbonyl (C=O) groups is 1. The predicted octanol–water partition coefficient (Wildman–Crippen LogP) is 3.98. The third-order valence-electron chi connectivity index (χ3n) is 3.97. The van der Waals surface area contributed by atoms with Gasteiger partial charge in [-0.3, -0.25) is 5.21 Å². The number of rotatable bonds is 5. The Morgan fingerprint density at radius 1 is 1.21 bits per heavy atom. The van der Waals surface area contributed by atoms with Crippen LogP contribution in [0.2, 0.25) is 0 Å². The van der Waals surface area contributed by atoms with Crippen LogP contribution in [0.3, 0.4) is 0 Å². The van der Waals surface area contributed by atoms with Crippen molar-refractivity contribution in [2.45, 2.75) is 33.8 Å². The lowest BCUT2D eigenvalue weighted by atomic mass is 10.1. The summed E-state index contributed by atoms with van der Waals surface area (Å²) in [6, 6.07) is 11.1. The van der Waals surface area contributed by atoms with E-state index in [2.05, 4.69) is 18.3 Å². The number of hydrogen-bond acceptors (Lipinski definition) is 3. The van der Waals surface area contributed by atoms with Gasteiger partial charge < -0.3 is 10.1 Å². The summed E-state index contributed by atoms with van der Waals surface area (Å²) in [6.45, 7) is 6.22. The Balaban J connectivity index is 2.24. The average Bonchev–Trinajstić information content (AvgIpc) is 2.59. The van der Waals surface area contributed by atoms with Crippen LogP contribution in [0.1, 0.15) is 29.2 Å². The highest BCUT2D eigenvalue weighted by atomic mass is 16.5. The largest absolute Gasteiger partial charge is 0.489 e. The van der Waals surface area contributed by atoms with Crippen molar-refractivity contribution in [2.24, 2.45) is 0 Å². The molecule has 0 radical (unpaired) electrons. The summed E-state index contributed by atoms with van der Waals surface area (Å²) in [7, 11) is 1.47. The third-order valence-corrected chi connectivity index (χ3v) is 3.97. The number of urea groups is 1. The van der Waals surface area contributed by atoms with Crippen molar-refractivity contribution in [2.75, 3.05) is 12.1 Å². The molecule has 0 unspecified atom stereocenters. The van der Waals surface area contributed by atoms with E-state index in [9.17, 15) is 10.0 Å². The van der Waals surface area contributed by atoms with Crippen LogP contribution in [0.4, 0.5) is 10.5 Å². The van der Waals surface area contributed by atoms with Gasteiger partial charge in [0.15, 0.2) is 0 Å². The molecule has 5 heteroatoms. The van der Waals surface area contributed by atoms with Crippen LogP contribution in [0.25, 0.3) is 0 Å². The van der Waals surface area contributed by atoms with Gasteiger partial charge in [0.05, 0.1) is 5.69 Å². The summed E-state index contributed by atoms with van der Waals surface area (Å²) in [6.07, 6.45) is 0.981. The Bertz CT molecular complexity index is 729. The number of ether oxygens (including phenoxy) is 1. The normalized spacial score (nSPS) is 10.4. The maximum atomic E-state index is 11.7. The van der Waals surface area contributed by atoms with Gasteiger partial charge in [0.25, 0.3) is 0 Å². The molecule has 2 aromatic rings. The summed E-state index contributed by atoms with van der Waals surface area (Å²) in [5, 5.41) is 13.2. The lowest BCUT2D eigenvalue weighted by Gasteiger charge is -2.21. The molecule has 5 nitrogen and oxygen atoms in total. The number of carbonyl (C=O) groups excluding carboxylic acids is 1. The van der Waals surface area contributed by atoms with Crippen molar-refractivity contribution < 1.29 is 14.7 Å². The number of nitrogens with one attached hydrogen (secondary N) is 1. The first-order chi connectivity index (χ1) is 11.5. The molecule has 2 amide bonds. The summed E-state index contributed by atoms with van der Waals surface area (Å²) >= 11 is 0. The van der Waals surface area contributed by atoms with Gasteiger partial charge in [-0.2, -0.15) is 5.06 Å². The van der Waals surface area contributed by atoms with Crippen molar-refractivity contribution >= 4 is 11.7 Å². The molecule has 0 saturated heterocycles. The third kappa shape index (κ3) is 3.86.